The van der Waals surface area contributed by atoms with Crippen molar-refractivity contribution in [1.29, 1.82) is 0 Å². The Morgan fingerprint density at radius 2 is 0.390 bits per heavy atom. The van der Waals surface area contributed by atoms with Crippen LogP contribution in [0.15, 0.2) is 0 Å². The zero-order chi connectivity index (χ0) is 44.6. The number of aliphatic carboxylic acids is 3. The van der Waals surface area contributed by atoms with Crippen molar-refractivity contribution in [1.82, 2.24) is 0 Å². The van der Waals surface area contributed by atoms with Crippen LogP contribution in [0.3, 0.4) is 0 Å². The molecule has 0 saturated heterocycles. The first kappa shape index (κ1) is 64.8. The predicted molar refractivity (Wildman–Crippen MR) is 251 cm³/mol. The van der Waals surface area contributed by atoms with Crippen molar-refractivity contribution in [3.63, 3.8) is 0 Å². The Morgan fingerprint density at radius 3 is 0.525 bits per heavy atom. The number of rotatable bonds is 44. The molecule has 0 rings (SSSR count). The van der Waals surface area contributed by atoms with Gasteiger partial charge in [-0.15, -0.1) is 0 Å². The molecule has 0 aliphatic carbocycles. The van der Waals surface area contributed by atoms with Crippen LogP contribution in [0, 0.1) is 0 Å². The van der Waals surface area contributed by atoms with Gasteiger partial charge in [-0.25, -0.2) is 0 Å². The molecule has 0 aliphatic heterocycles. The van der Waals surface area contributed by atoms with Crippen molar-refractivity contribution >= 4 is 40.4 Å². The van der Waals surface area contributed by atoms with Gasteiger partial charge in [0.1, 0.15) is 0 Å². The van der Waals surface area contributed by atoms with E-state index in [-0.39, 0.29) is 19.3 Å². The molecule has 0 fully saturated rings. The van der Waals surface area contributed by atoms with Gasteiger partial charge in [0.15, 0.2) is 0 Å². The van der Waals surface area contributed by atoms with Crippen LogP contribution >= 0.6 is 0 Å². The van der Waals surface area contributed by atoms with E-state index in [2.05, 4.69) is 27.7 Å². The molecule has 0 aromatic heterocycles. The molecular formula is C52H102O6Sn. The second-order valence-electron chi connectivity index (χ2n) is 17.2. The molecule has 0 unspecified atom stereocenters. The SMILES string of the molecule is CCCCCCCCCCCCCC(=O)[O-].CCCCCCCCCCCCCC(=O)[O-].CCCCCCCCCCCCCC(=O)[O-].CCCCCCCCC[CH2][Sn+3]. The molecule has 0 aliphatic rings. The van der Waals surface area contributed by atoms with Crippen molar-refractivity contribution < 1.29 is 29.7 Å². The topological polar surface area (TPSA) is 120 Å². The van der Waals surface area contributed by atoms with Gasteiger partial charge < -0.3 is 29.7 Å². The Balaban J connectivity index is -0.000000345. The molecule has 0 atom stereocenters. The minimum absolute atomic E-state index is 0.233. The monoisotopic (exact) mass is 943 g/mol. The fourth-order valence-corrected chi connectivity index (χ4v) is 7.77. The summed E-state index contributed by atoms with van der Waals surface area (Å²) >= 11 is 1.71. The molecule has 350 valence electrons. The second-order valence-corrected chi connectivity index (χ2v) is 18.6. The Morgan fingerprint density at radius 1 is 0.254 bits per heavy atom. The summed E-state index contributed by atoms with van der Waals surface area (Å²) in [7, 11) is 0. The molecule has 0 aromatic carbocycles. The van der Waals surface area contributed by atoms with E-state index in [1.54, 1.807) is 22.5 Å². The average molecular weight is 942 g/mol. The van der Waals surface area contributed by atoms with E-state index in [9.17, 15) is 29.7 Å². The van der Waals surface area contributed by atoms with Crippen LogP contribution in [-0.4, -0.2) is 40.4 Å². The number of carboxylic acid groups (broad SMARTS) is 3. The van der Waals surface area contributed by atoms with Gasteiger partial charge >= 0.3 is 85.3 Å². The van der Waals surface area contributed by atoms with Crippen molar-refractivity contribution in [2.75, 3.05) is 0 Å². The predicted octanol–water partition coefficient (Wildman–Crippen LogP) is 14.0. The molecule has 0 heterocycles. The van der Waals surface area contributed by atoms with Gasteiger partial charge in [-0.1, -0.05) is 213 Å². The Kier molecular flexibility index (Phi) is 70.1. The van der Waals surface area contributed by atoms with Gasteiger partial charge in [0, 0.05) is 17.9 Å². The maximum absolute atomic E-state index is 10.1. The number of carbonyl (C=O) groups excluding carboxylic acids is 3. The van der Waals surface area contributed by atoms with E-state index < -0.39 is 17.9 Å². The molecule has 0 bridgehead atoms. The van der Waals surface area contributed by atoms with Gasteiger partial charge in [0.25, 0.3) is 0 Å². The summed E-state index contributed by atoms with van der Waals surface area (Å²) in [4.78, 5) is 30.4. The number of hydrogen-bond donors (Lipinski definition) is 0. The first-order valence-corrected chi connectivity index (χ1v) is 28.0. The van der Waals surface area contributed by atoms with Gasteiger partial charge in [-0.05, 0) is 38.5 Å². The van der Waals surface area contributed by atoms with Crippen LogP contribution in [-0.2, 0) is 14.4 Å². The molecule has 0 saturated carbocycles. The molecule has 7 heteroatoms. The van der Waals surface area contributed by atoms with E-state index in [1.807, 2.05) is 0 Å². The number of hydrogen-bond acceptors (Lipinski definition) is 6. The van der Waals surface area contributed by atoms with Crippen LogP contribution in [0.4, 0.5) is 0 Å². The second kappa shape index (κ2) is 63.8. The summed E-state index contributed by atoms with van der Waals surface area (Å²) in [5.41, 5.74) is 0. The number of unbranched alkanes of at least 4 members (excludes halogenated alkanes) is 37. The molecule has 59 heavy (non-hydrogen) atoms. The summed E-state index contributed by atoms with van der Waals surface area (Å²) < 4.78 is 1.46. The van der Waals surface area contributed by atoms with E-state index in [1.165, 1.54) is 229 Å². The third-order valence-electron chi connectivity index (χ3n) is 11.0. The van der Waals surface area contributed by atoms with Crippen molar-refractivity contribution in [2.24, 2.45) is 0 Å². The Hall–Kier alpha value is -0.791. The van der Waals surface area contributed by atoms with Gasteiger partial charge in [-0.2, -0.15) is 0 Å². The first-order chi connectivity index (χ1) is 28.7. The number of carbonyl (C=O) groups is 3. The molecule has 0 spiro atoms. The molecule has 0 radical (unpaired) electrons. The van der Waals surface area contributed by atoms with Crippen LogP contribution < -0.4 is 15.3 Å². The summed E-state index contributed by atoms with van der Waals surface area (Å²) in [6.07, 6.45) is 53.8. The van der Waals surface area contributed by atoms with E-state index in [0.29, 0.717) is 0 Å². The average Bonchev–Trinajstić information content (AvgIpc) is 3.21. The molecule has 0 aromatic rings. The van der Waals surface area contributed by atoms with Gasteiger partial charge in [-0.3, -0.25) is 0 Å². The van der Waals surface area contributed by atoms with Crippen LogP contribution in [0.1, 0.15) is 310 Å². The first-order valence-electron chi connectivity index (χ1n) is 26.0. The van der Waals surface area contributed by atoms with Crippen LogP contribution in [0.5, 0.6) is 0 Å². The Labute approximate surface area is 382 Å². The van der Waals surface area contributed by atoms with Crippen LogP contribution in [0.2, 0.25) is 4.44 Å². The minimum atomic E-state index is -0.907. The van der Waals surface area contributed by atoms with Crippen molar-refractivity contribution in [3.8, 4) is 0 Å². The van der Waals surface area contributed by atoms with E-state index in [4.69, 9.17) is 0 Å². The summed E-state index contributed by atoms with van der Waals surface area (Å²) in [6.45, 7) is 9.01. The Bertz CT molecular complexity index is 683. The summed E-state index contributed by atoms with van der Waals surface area (Å²) in [5, 5.41) is 30.4. The van der Waals surface area contributed by atoms with Gasteiger partial charge in [0.2, 0.25) is 0 Å². The van der Waals surface area contributed by atoms with E-state index >= 15 is 0 Å². The van der Waals surface area contributed by atoms with Gasteiger partial charge in [0.05, 0.1) is 0 Å². The fraction of sp³-hybridized carbons (Fsp3) is 0.942. The quantitative estimate of drug-likeness (QED) is 0.0443. The zero-order valence-corrected chi connectivity index (χ0v) is 43.1. The molecule has 0 N–H and O–H groups in total. The zero-order valence-electron chi connectivity index (χ0n) is 40.3. The summed E-state index contributed by atoms with van der Waals surface area (Å²) in [6, 6.07) is 0. The third-order valence-corrected chi connectivity index (χ3v) is 12.0. The van der Waals surface area contributed by atoms with Crippen molar-refractivity contribution in [3.05, 3.63) is 0 Å². The third kappa shape index (κ3) is 81.7. The molecule has 6 nitrogen and oxygen atoms in total. The maximum atomic E-state index is 10.1. The van der Waals surface area contributed by atoms with Crippen LogP contribution in [0.25, 0.3) is 0 Å². The number of carboxylic acids is 3. The normalized spacial score (nSPS) is 10.5. The molecule has 0 amide bonds. The van der Waals surface area contributed by atoms with Crippen molar-refractivity contribution in [2.45, 2.75) is 315 Å². The summed E-state index contributed by atoms with van der Waals surface area (Å²) in [5.74, 6) is -2.72. The standard InChI is InChI=1S/3C14H28O2.C10H21.Sn/c3*1-2-3-4-5-6-7-8-9-10-11-12-13-14(15)16;1-3-5-7-9-10-8-6-4-2;/h3*2-13H2,1H3,(H,15,16);1,3-10H2,2H3;/q;;;;+3/p-3. The van der Waals surface area contributed by atoms with E-state index in [0.717, 1.165) is 38.5 Å². The molecular weight excluding hydrogens is 839 g/mol. The fourth-order valence-electron chi connectivity index (χ4n) is 7.06.